The molecule has 1 heterocycles. The fraction of sp³-hybridized carbons (Fsp3) is 0.500. The van der Waals surface area contributed by atoms with Gasteiger partial charge in [-0.3, -0.25) is 0 Å². The number of hydrogen-bond donors (Lipinski definition) is 2. The average Bonchev–Trinajstić information content (AvgIpc) is 2.15. The molecular formula is C6H13Br2N3. The van der Waals surface area contributed by atoms with E-state index in [9.17, 15) is 0 Å². The Morgan fingerprint density at radius 2 is 2.27 bits per heavy atom. The van der Waals surface area contributed by atoms with Crippen molar-refractivity contribution < 1.29 is 0 Å². The van der Waals surface area contributed by atoms with Crippen LogP contribution < -0.4 is 5.73 Å². The molecule has 1 aromatic heterocycles. The van der Waals surface area contributed by atoms with Crippen LogP contribution in [0.5, 0.6) is 0 Å². The van der Waals surface area contributed by atoms with Crippen molar-refractivity contribution in [1.82, 2.24) is 9.97 Å². The average molecular weight is 287 g/mol. The Labute approximate surface area is 87.3 Å². The smallest absolute Gasteiger partial charge is 0.0923 e. The van der Waals surface area contributed by atoms with E-state index >= 15 is 0 Å². The summed E-state index contributed by atoms with van der Waals surface area (Å²) < 4.78 is 0. The predicted molar refractivity (Wildman–Crippen MR) is 56.6 cm³/mol. The minimum absolute atomic E-state index is 0. The van der Waals surface area contributed by atoms with E-state index in [0.29, 0.717) is 0 Å². The van der Waals surface area contributed by atoms with Crippen LogP contribution in [0.2, 0.25) is 0 Å². The van der Waals surface area contributed by atoms with Crippen LogP contribution in [-0.2, 0) is 6.42 Å². The molecule has 0 aliphatic heterocycles. The fourth-order valence-corrected chi connectivity index (χ4v) is 0.732. The topological polar surface area (TPSA) is 54.7 Å². The summed E-state index contributed by atoms with van der Waals surface area (Å²) in [4.78, 5) is 6.89. The number of hydrogen-bond acceptors (Lipinski definition) is 2. The zero-order valence-corrected chi connectivity index (χ0v) is 9.71. The SMILES string of the molecule is Br.Br.CC(N)Cc1c[nH]cn1. The molecule has 66 valence electrons. The number of halogens is 2. The van der Waals surface area contributed by atoms with Crippen molar-refractivity contribution in [1.29, 1.82) is 0 Å². The van der Waals surface area contributed by atoms with Crippen molar-refractivity contribution >= 4 is 34.0 Å². The van der Waals surface area contributed by atoms with Crippen molar-refractivity contribution in [2.75, 3.05) is 0 Å². The molecule has 0 amide bonds. The second-order valence-electron chi connectivity index (χ2n) is 2.24. The molecule has 0 aliphatic carbocycles. The highest BCUT2D eigenvalue weighted by molar-refractivity contribution is 8.93. The summed E-state index contributed by atoms with van der Waals surface area (Å²) in [5, 5.41) is 0. The second kappa shape index (κ2) is 6.82. The van der Waals surface area contributed by atoms with Gasteiger partial charge in [0, 0.05) is 18.7 Å². The van der Waals surface area contributed by atoms with Gasteiger partial charge in [0.05, 0.1) is 12.0 Å². The van der Waals surface area contributed by atoms with Gasteiger partial charge in [-0.1, -0.05) is 0 Å². The van der Waals surface area contributed by atoms with Crippen molar-refractivity contribution in [3.05, 3.63) is 18.2 Å². The molecule has 5 heteroatoms. The fourth-order valence-electron chi connectivity index (χ4n) is 0.732. The highest BCUT2D eigenvalue weighted by Gasteiger charge is 1.96. The zero-order valence-electron chi connectivity index (χ0n) is 6.28. The van der Waals surface area contributed by atoms with Crippen LogP contribution in [-0.4, -0.2) is 16.0 Å². The minimum atomic E-state index is 0. The van der Waals surface area contributed by atoms with Gasteiger partial charge in [0.1, 0.15) is 0 Å². The molecular weight excluding hydrogens is 274 g/mol. The summed E-state index contributed by atoms with van der Waals surface area (Å²) >= 11 is 0. The third kappa shape index (κ3) is 5.41. The van der Waals surface area contributed by atoms with Crippen LogP contribution in [0.3, 0.4) is 0 Å². The van der Waals surface area contributed by atoms with Gasteiger partial charge in [-0.2, -0.15) is 0 Å². The monoisotopic (exact) mass is 285 g/mol. The highest BCUT2D eigenvalue weighted by Crippen LogP contribution is 1.93. The first-order valence-corrected chi connectivity index (χ1v) is 3.02. The van der Waals surface area contributed by atoms with E-state index in [1.54, 1.807) is 6.33 Å². The number of nitrogens with zero attached hydrogens (tertiary/aromatic N) is 1. The molecule has 0 fully saturated rings. The standard InChI is InChI=1S/C6H11N3.2BrH/c1-5(7)2-6-3-8-4-9-6;;/h3-5H,2,7H2,1H3,(H,8,9);2*1H. The first kappa shape index (κ1) is 13.7. The molecule has 0 spiro atoms. The van der Waals surface area contributed by atoms with Crippen molar-refractivity contribution in [3.63, 3.8) is 0 Å². The molecule has 0 saturated carbocycles. The summed E-state index contributed by atoms with van der Waals surface area (Å²) in [5.74, 6) is 0. The summed E-state index contributed by atoms with van der Waals surface area (Å²) in [6.07, 6.45) is 4.38. The number of rotatable bonds is 2. The Morgan fingerprint density at radius 3 is 2.64 bits per heavy atom. The molecule has 0 radical (unpaired) electrons. The zero-order chi connectivity index (χ0) is 6.69. The lowest BCUT2D eigenvalue weighted by atomic mass is 10.2. The van der Waals surface area contributed by atoms with E-state index in [-0.39, 0.29) is 40.0 Å². The predicted octanol–water partition coefficient (Wildman–Crippen LogP) is 1.46. The summed E-state index contributed by atoms with van der Waals surface area (Å²) in [7, 11) is 0. The number of H-pyrrole nitrogens is 1. The van der Waals surface area contributed by atoms with Gasteiger partial charge in [-0.05, 0) is 6.92 Å². The molecule has 0 aliphatic rings. The number of aromatic amines is 1. The Bertz CT molecular complexity index is 162. The quantitative estimate of drug-likeness (QED) is 0.865. The van der Waals surface area contributed by atoms with Crippen molar-refractivity contribution in [2.24, 2.45) is 5.73 Å². The molecule has 1 rings (SSSR count). The van der Waals surface area contributed by atoms with E-state index in [1.165, 1.54) is 0 Å². The lowest BCUT2D eigenvalue weighted by Crippen LogP contribution is -2.17. The molecule has 1 aromatic rings. The van der Waals surface area contributed by atoms with Gasteiger partial charge in [0.2, 0.25) is 0 Å². The maximum Gasteiger partial charge on any atom is 0.0923 e. The van der Waals surface area contributed by atoms with Crippen molar-refractivity contribution in [3.8, 4) is 0 Å². The van der Waals surface area contributed by atoms with Crippen LogP contribution in [0.15, 0.2) is 12.5 Å². The molecule has 0 saturated heterocycles. The van der Waals surface area contributed by atoms with E-state index in [1.807, 2.05) is 13.1 Å². The molecule has 1 unspecified atom stereocenters. The number of imidazole rings is 1. The highest BCUT2D eigenvalue weighted by atomic mass is 79.9. The Hall–Kier alpha value is 0.130. The number of nitrogens with two attached hydrogens (primary N) is 1. The molecule has 3 nitrogen and oxygen atoms in total. The second-order valence-corrected chi connectivity index (χ2v) is 2.24. The lowest BCUT2D eigenvalue weighted by molar-refractivity contribution is 0.725. The van der Waals surface area contributed by atoms with Crippen LogP contribution in [0.25, 0.3) is 0 Å². The van der Waals surface area contributed by atoms with Gasteiger partial charge >= 0.3 is 0 Å². The van der Waals surface area contributed by atoms with Crippen LogP contribution in [0, 0.1) is 0 Å². The van der Waals surface area contributed by atoms with Gasteiger partial charge in [-0.15, -0.1) is 34.0 Å². The summed E-state index contributed by atoms with van der Waals surface area (Å²) in [5.41, 5.74) is 6.56. The Balaban J connectivity index is 0. The summed E-state index contributed by atoms with van der Waals surface area (Å²) in [6, 6.07) is 0.202. The first-order valence-electron chi connectivity index (χ1n) is 3.02. The molecule has 1 atom stereocenters. The third-order valence-electron chi connectivity index (χ3n) is 1.09. The third-order valence-corrected chi connectivity index (χ3v) is 1.09. The molecule has 11 heavy (non-hydrogen) atoms. The van der Waals surface area contributed by atoms with Crippen LogP contribution in [0.1, 0.15) is 12.6 Å². The number of nitrogens with one attached hydrogen (secondary N) is 1. The van der Waals surface area contributed by atoms with E-state index in [4.69, 9.17) is 5.73 Å². The lowest BCUT2D eigenvalue weighted by Gasteiger charge is -1.98. The van der Waals surface area contributed by atoms with Crippen LogP contribution >= 0.6 is 34.0 Å². The van der Waals surface area contributed by atoms with E-state index < -0.39 is 0 Å². The maximum absolute atomic E-state index is 5.53. The van der Waals surface area contributed by atoms with Gasteiger partial charge < -0.3 is 10.7 Å². The van der Waals surface area contributed by atoms with Crippen molar-refractivity contribution in [2.45, 2.75) is 19.4 Å². The van der Waals surface area contributed by atoms with Gasteiger partial charge in [0.15, 0.2) is 0 Å². The number of aromatic nitrogens is 2. The molecule has 3 N–H and O–H groups in total. The van der Waals surface area contributed by atoms with E-state index in [0.717, 1.165) is 12.1 Å². The largest absolute Gasteiger partial charge is 0.351 e. The van der Waals surface area contributed by atoms with E-state index in [2.05, 4.69) is 9.97 Å². The minimum Gasteiger partial charge on any atom is -0.351 e. The Morgan fingerprint density at radius 1 is 1.64 bits per heavy atom. The summed E-state index contributed by atoms with van der Waals surface area (Å²) in [6.45, 7) is 1.97. The van der Waals surface area contributed by atoms with Crippen LogP contribution in [0.4, 0.5) is 0 Å². The normalized spacial score (nSPS) is 11.1. The first-order chi connectivity index (χ1) is 4.29. The molecule has 0 bridgehead atoms. The molecule has 0 aromatic carbocycles. The van der Waals surface area contributed by atoms with Gasteiger partial charge in [-0.25, -0.2) is 4.98 Å². The van der Waals surface area contributed by atoms with Gasteiger partial charge in [0.25, 0.3) is 0 Å². The maximum atomic E-state index is 5.53. The Kier molecular flexibility index (Phi) is 8.49.